The van der Waals surface area contributed by atoms with Crippen molar-refractivity contribution in [1.82, 2.24) is 0 Å². The van der Waals surface area contributed by atoms with Gasteiger partial charge in [0.25, 0.3) is 5.85 Å². The Bertz CT molecular complexity index is 467. The smallest absolute Gasteiger partial charge is 0.271 e. The van der Waals surface area contributed by atoms with Gasteiger partial charge in [0, 0.05) is 11.8 Å². The minimum atomic E-state index is -6.82. The molecule has 2 aliphatic rings. The number of ether oxygens (including phenoxy) is 1. The molecule has 0 saturated heterocycles. The monoisotopic (exact) mass is 332 g/mol. The van der Waals surface area contributed by atoms with Crippen LogP contribution in [0.25, 0.3) is 0 Å². The third-order valence-electron chi connectivity index (χ3n) is 3.48. The third kappa shape index (κ3) is 1.95. The van der Waals surface area contributed by atoms with Gasteiger partial charge in [-0.25, -0.2) is 4.39 Å². The average Bonchev–Trinajstić information content (AvgIpc) is 2.80. The summed E-state index contributed by atoms with van der Waals surface area (Å²) >= 11 is 0. The average molecular weight is 332 g/mol. The maximum absolute atomic E-state index is 14.0. The topological polar surface area (TPSA) is 9.23 Å². The summed E-state index contributed by atoms with van der Waals surface area (Å²) in [5.41, 5.74) is 0. The van der Waals surface area contributed by atoms with Crippen LogP contribution < -0.4 is 0 Å². The molecule has 2 aliphatic carbocycles. The van der Waals surface area contributed by atoms with Crippen molar-refractivity contribution < 1.29 is 48.6 Å². The van der Waals surface area contributed by atoms with E-state index in [-0.39, 0.29) is 0 Å². The summed E-state index contributed by atoms with van der Waals surface area (Å²) in [7, 11) is 0. The van der Waals surface area contributed by atoms with E-state index < -0.39 is 48.2 Å². The standard InChI is InChI=1S/C10H6F10O/c11-6(12)4-1-2-5(3-4)7(6,13)21-10(19,20)8(14,15)9(16,17)18/h1-2,4-5H,3H2/t4-,5+,7+/m0/s1. The highest BCUT2D eigenvalue weighted by molar-refractivity contribution is 5.22. The van der Waals surface area contributed by atoms with Gasteiger partial charge in [0.2, 0.25) is 0 Å². The Hall–Kier alpha value is -1.00. The molecule has 0 spiro atoms. The van der Waals surface area contributed by atoms with Crippen LogP contribution >= 0.6 is 0 Å². The number of allylic oxidation sites excluding steroid dienone is 1. The predicted molar refractivity (Wildman–Crippen MR) is 46.6 cm³/mol. The van der Waals surface area contributed by atoms with Crippen LogP contribution in [-0.4, -0.2) is 30.0 Å². The molecule has 3 atom stereocenters. The largest absolute Gasteiger partial charge is 0.462 e. The number of rotatable bonds is 3. The summed E-state index contributed by atoms with van der Waals surface area (Å²) in [5.74, 6) is -20.0. The van der Waals surface area contributed by atoms with Gasteiger partial charge in [-0.1, -0.05) is 12.2 Å². The highest BCUT2D eigenvalue weighted by atomic mass is 19.4. The number of hydrogen-bond donors (Lipinski definition) is 0. The van der Waals surface area contributed by atoms with E-state index >= 15 is 0 Å². The quantitative estimate of drug-likeness (QED) is 0.553. The maximum atomic E-state index is 14.0. The Morgan fingerprint density at radius 1 is 0.857 bits per heavy atom. The minimum Gasteiger partial charge on any atom is -0.271 e. The zero-order chi connectivity index (χ0) is 16.5. The SMILES string of the molecule is FC(F)(F)C(F)(F)C(F)(F)O[C@]1(F)[C@@H]2C=C[C@@H](C2)C1(F)F. The Kier molecular flexibility index (Phi) is 3.16. The molecule has 1 saturated carbocycles. The Labute approximate surface area is 110 Å². The lowest BCUT2D eigenvalue weighted by Gasteiger charge is -2.38. The molecule has 21 heavy (non-hydrogen) atoms. The second-order valence-corrected chi connectivity index (χ2v) is 4.79. The van der Waals surface area contributed by atoms with Gasteiger partial charge < -0.3 is 0 Å². The summed E-state index contributed by atoms with van der Waals surface area (Å²) in [6.45, 7) is 0. The van der Waals surface area contributed by atoms with Crippen LogP contribution in [0.4, 0.5) is 43.9 Å². The fourth-order valence-corrected chi connectivity index (χ4v) is 2.30. The van der Waals surface area contributed by atoms with Crippen LogP contribution in [0.5, 0.6) is 0 Å². The number of fused-ring (bicyclic) bond motifs is 2. The van der Waals surface area contributed by atoms with Crippen molar-refractivity contribution in [3.8, 4) is 0 Å². The van der Waals surface area contributed by atoms with E-state index in [9.17, 15) is 43.9 Å². The van der Waals surface area contributed by atoms with E-state index in [1.165, 1.54) is 0 Å². The molecule has 0 aromatic heterocycles. The molecule has 0 aliphatic heterocycles. The zero-order valence-corrected chi connectivity index (χ0v) is 9.70. The van der Waals surface area contributed by atoms with Gasteiger partial charge >= 0.3 is 24.1 Å². The van der Waals surface area contributed by atoms with Crippen LogP contribution in [0.2, 0.25) is 0 Å². The Balaban J connectivity index is 2.35. The molecular weight excluding hydrogens is 326 g/mol. The lowest BCUT2D eigenvalue weighted by Crippen LogP contribution is -2.60. The van der Waals surface area contributed by atoms with Crippen LogP contribution in [0.15, 0.2) is 12.2 Å². The van der Waals surface area contributed by atoms with E-state index in [1.807, 2.05) is 0 Å². The Morgan fingerprint density at radius 2 is 1.33 bits per heavy atom. The molecule has 0 aromatic rings. The van der Waals surface area contributed by atoms with Crippen molar-refractivity contribution >= 4 is 0 Å². The van der Waals surface area contributed by atoms with Crippen LogP contribution in [0, 0.1) is 11.8 Å². The van der Waals surface area contributed by atoms with Gasteiger partial charge in [-0.2, -0.15) is 39.5 Å². The molecule has 0 unspecified atom stereocenters. The van der Waals surface area contributed by atoms with Crippen molar-refractivity contribution in [3.63, 3.8) is 0 Å². The first-order valence-electron chi connectivity index (χ1n) is 5.44. The van der Waals surface area contributed by atoms with Crippen molar-refractivity contribution in [2.24, 2.45) is 11.8 Å². The predicted octanol–water partition coefficient (Wildman–Crippen LogP) is 4.30. The summed E-state index contributed by atoms with van der Waals surface area (Å²) in [5, 5.41) is 0. The third-order valence-corrected chi connectivity index (χ3v) is 3.48. The molecule has 1 fully saturated rings. The lowest BCUT2D eigenvalue weighted by molar-refractivity contribution is -0.474. The minimum absolute atomic E-state index is 0.684. The fourth-order valence-electron chi connectivity index (χ4n) is 2.30. The normalized spacial score (nSPS) is 35.5. The number of halogens is 10. The highest BCUT2D eigenvalue weighted by Crippen LogP contribution is 2.61. The molecule has 1 nitrogen and oxygen atoms in total. The van der Waals surface area contributed by atoms with Crippen molar-refractivity contribution in [2.45, 2.75) is 36.4 Å². The Morgan fingerprint density at radius 3 is 1.71 bits per heavy atom. The van der Waals surface area contributed by atoms with E-state index in [0.29, 0.717) is 6.08 Å². The van der Waals surface area contributed by atoms with Gasteiger partial charge in [-0.3, -0.25) is 4.74 Å². The van der Waals surface area contributed by atoms with Crippen LogP contribution in [0.3, 0.4) is 0 Å². The van der Waals surface area contributed by atoms with E-state index in [0.717, 1.165) is 6.08 Å². The van der Waals surface area contributed by atoms with E-state index in [2.05, 4.69) is 4.74 Å². The molecule has 11 heteroatoms. The molecule has 2 bridgehead atoms. The highest BCUT2D eigenvalue weighted by Gasteiger charge is 2.81. The summed E-state index contributed by atoms with van der Waals surface area (Å²) in [4.78, 5) is 0. The lowest BCUT2D eigenvalue weighted by atomic mass is 9.97. The van der Waals surface area contributed by atoms with Gasteiger partial charge in [0.05, 0.1) is 0 Å². The molecule has 0 N–H and O–H groups in total. The second-order valence-electron chi connectivity index (χ2n) is 4.79. The molecule has 0 amide bonds. The van der Waals surface area contributed by atoms with Gasteiger partial charge in [0.1, 0.15) is 0 Å². The zero-order valence-electron chi connectivity index (χ0n) is 9.70. The molecule has 0 aromatic carbocycles. The molecule has 0 radical (unpaired) electrons. The summed E-state index contributed by atoms with van der Waals surface area (Å²) in [6.07, 6.45) is -12.6. The summed E-state index contributed by atoms with van der Waals surface area (Å²) < 4.78 is 130. The van der Waals surface area contributed by atoms with Crippen LogP contribution in [-0.2, 0) is 4.74 Å². The van der Waals surface area contributed by atoms with E-state index in [1.54, 1.807) is 0 Å². The second kappa shape index (κ2) is 4.05. The van der Waals surface area contributed by atoms with Gasteiger partial charge in [-0.15, -0.1) is 0 Å². The first kappa shape index (κ1) is 16.4. The van der Waals surface area contributed by atoms with Crippen molar-refractivity contribution in [2.75, 3.05) is 0 Å². The molecule has 2 rings (SSSR count). The van der Waals surface area contributed by atoms with Crippen molar-refractivity contribution in [3.05, 3.63) is 12.2 Å². The first-order valence-corrected chi connectivity index (χ1v) is 5.44. The number of alkyl halides is 10. The molecule has 0 heterocycles. The number of hydrogen-bond acceptors (Lipinski definition) is 1. The molecular formula is C10H6F10O. The maximum Gasteiger partial charge on any atom is 0.462 e. The van der Waals surface area contributed by atoms with Gasteiger partial charge in [-0.05, 0) is 6.42 Å². The van der Waals surface area contributed by atoms with Crippen molar-refractivity contribution in [1.29, 1.82) is 0 Å². The fraction of sp³-hybridized carbons (Fsp3) is 0.800. The van der Waals surface area contributed by atoms with E-state index in [4.69, 9.17) is 0 Å². The van der Waals surface area contributed by atoms with Gasteiger partial charge in [0.15, 0.2) is 0 Å². The summed E-state index contributed by atoms with van der Waals surface area (Å²) in [6, 6.07) is 0. The first-order chi connectivity index (χ1) is 9.17. The molecule has 122 valence electrons. The van der Waals surface area contributed by atoms with Crippen LogP contribution in [0.1, 0.15) is 6.42 Å².